The molecule has 1 aromatic carbocycles. The number of carbonyl (C=O) groups excluding carboxylic acids is 1. The van der Waals surface area contributed by atoms with Gasteiger partial charge >= 0.3 is 0 Å². The van der Waals surface area contributed by atoms with Gasteiger partial charge in [-0.25, -0.2) is 0 Å². The molecule has 110 valence electrons. The molecular weight excluding hydrogens is 272 g/mol. The van der Waals surface area contributed by atoms with Crippen LogP contribution in [-0.4, -0.2) is 35.5 Å². The van der Waals surface area contributed by atoms with Gasteiger partial charge in [0.25, 0.3) is 0 Å². The predicted molar refractivity (Wildman–Crippen MR) is 81.8 cm³/mol. The van der Waals surface area contributed by atoms with E-state index in [2.05, 4.69) is 41.8 Å². The summed E-state index contributed by atoms with van der Waals surface area (Å²) in [6.45, 7) is 4.60. The standard InChI is InChI=1S/C15H22N2O2S/c1-3-20-13-6-4-11(5-7-13)10(2)17-15(19)14-8-12(18)9-16-14/h4-7,10,12,14,16,18H,3,8-9H2,1-2H3,(H,17,19). The van der Waals surface area contributed by atoms with E-state index in [0.717, 1.165) is 11.3 Å². The van der Waals surface area contributed by atoms with E-state index in [1.807, 2.05) is 6.92 Å². The van der Waals surface area contributed by atoms with E-state index < -0.39 is 6.10 Å². The molecule has 3 atom stereocenters. The molecule has 5 heteroatoms. The summed E-state index contributed by atoms with van der Waals surface area (Å²) in [5.74, 6) is 1.02. The van der Waals surface area contributed by atoms with Gasteiger partial charge in [-0.2, -0.15) is 0 Å². The second-order valence-electron chi connectivity index (χ2n) is 5.08. The smallest absolute Gasteiger partial charge is 0.237 e. The summed E-state index contributed by atoms with van der Waals surface area (Å²) < 4.78 is 0. The summed E-state index contributed by atoms with van der Waals surface area (Å²) in [6.07, 6.45) is 0.0800. The second-order valence-corrected chi connectivity index (χ2v) is 6.42. The summed E-state index contributed by atoms with van der Waals surface area (Å²) in [7, 11) is 0. The fourth-order valence-electron chi connectivity index (χ4n) is 2.33. The van der Waals surface area contributed by atoms with Crippen molar-refractivity contribution in [3.63, 3.8) is 0 Å². The van der Waals surface area contributed by atoms with Gasteiger partial charge in [-0.1, -0.05) is 19.1 Å². The van der Waals surface area contributed by atoms with Crippen LogP contribution in [0.3, 0.4) is 0 Å². The molecule has 3 N–H and O–H groups in total. The van der Waals surface area contributed by atoms with Crippen LogP contribution in [0.2, 0.25) is 0 Å². The number of rotatable bonds is 5. The first-order chi connectivity index (χ1) is 9.60. The van der Waals surface area contributed by atoms with Crippen LogP contribution >= 0.6 is 11.8 Å². The van der Waals surface area contributed by atoms with Gasteiger partial charge in [0.15, 0.2) is 0 Å². The van der Waals surface area contributed by atoms with Crippen molar-refractivity contribution in [1.29, 1.82) is 0 Å². The normalized spacial score (nSPS) is 23.6. The van der Waals surface area contributed by atoms with Crippen molar-refractivity contribution in [3.8, 4) is 0 Å². The molecule has 0 spiro atoms. The Morgan fingerprint density at radius 3 is 2.75 bits per heavy atom. The number of hydrogen-bond donors (Lipinski definition) is 3. The van der Waals surface area contributed by atoms with Crippen LogP contribution in [-0.2, 0) is 4.79 Å². The molecule has 0 radical (unpaired) electrons. The molecule has 20 heavy (non-hydrogen) atoms. The van der Waals surface area contributed by atoms with Gasteiger partial charge in [-0.05, 0) is 36.8 Å². The number of aliphatic hydroxyl groups is 1. The minimum absolute atomic E-state index is 0.0253. The zero-order chi connectivity index (χ0) is 14.5. The molecule has 1 saturated heterocycles. The Balaban J connectivity index is 1.90. The topological polar surface area (TPSA) is 61.4 Å². The lowest BCUT2D eigenvalue weighted by molar-refractivity contribution is -0.123. The zero-order valence-corrected chi connectivity index (χ0v) is 12.7. The van der Waals surface area contributed by atoms with Crippen LogP contribution in [0.25, 0.3) is 0 Å². The van der Waals surface area contributed by atoms with Crippen LogP contribution < -0.4 is 10.6 Å². The van der Waals surface area contributed by atoms with Crippen molar-refractivity contribution in [3.05, 3.63) is 29.8 Å². The Hall–Kier alpha value is -1.04. The Kier molecular flexibility index (Phi) is 5.46. The molecule has 1 fully saturated rings. The summed E-state index contributed by atoms with van der Waals surface area (Å²) in [4.78, 5) is 13.3. The lowest BCUT2D eigenvalue weighted by Crippen LogP contribution is -2.41. The van der Waals surface area contributed by atoms with E-state index in [0.29, 0.717) is 13.0 Å². The first kappa shape index (κ1) is 15.4. The van der Waals surface area contributed by atoms with Gasteiger partial charge in [0.1, 0.15) is 0 Å². The molecule has 0 aliphatic carbocycles. The molecule has 1 amide bonds. The molecule has 1 aromatic rings. The highest BCUT2D eigenvalue weighted by Gasteiger charge is 2.28. The predicted octanol–water partition coefficient (Wildman–Crippen LogP) is 1.70. The highest BCUT2D eigenvalue weighted by atomic mass is 32.2. The quantitative estimate of drug-likeness (QED) is 0.723. The van der Waals surface area contributed by atoms with E-state index in [4.69, 9.17) is 0 Å². The van der Waals surface area contributed by atoms with Crippen LogP contribution in [0.1, 0.15) is 31.9 Å². The molecule has 1 heterocycles. The molecule has 0 bridgehead atoms. The third-order valence-electron chi connectivity index (χ3n) is 3.47. The maximum Gasteiger partial charge on any atom is 0.237 e. The Labute approximate surface area is 124 Å². The first-order valence-corrected chi connectivity index (χ1v) is 8.03. The van der Waals surface area contributed by atoms with Gasteiger partial charge in [0.2, 0.25) is 5.91 Å². The Morgan fingerprint density at radius 2 is 2.20 bits per heavy atom. The first-order valence-electron chi connectivity index (χ1n) is 7.04. The number of amides is 1. The fourth-order valence-corrected chi connectivity index (χ4v) is 3.00. The van der Waals surface area contributed by atoms with Crippen molar-refractivity contribution in [2.75, 3.05) is 12.3 Å². The molecular formula is C15H22N2O2S. The van der Waals surface area contributed by atoms with Gasteiger partial charge in [0.05, 0.1) is 18.2 Å². The van der Waals surface area contributed by atoms with Crippen molar-refractivity contribution < 1.29 is 9.90 Å². The second kappa shape index (κ2) is 7.11. The van der Waals surface area contributed by atoms with Gasteiger partial charge in [-0.3, -0.25) is 4.79 Å². The minimum Gasteiger partial charge on any atom is -0.392 e. The Bertz CT molecular complexity index is 450. The maximum absolute atomic E-state index is 12.1. The minimum atomic E-state index is -0.411. The highest BCUT2D eigenvalue weighted by Crippen LogP contribution is 2.21. The molecule has 1 aliphatic rings. The third-order valence-corrected chi connectivity index (χ3v) is 4.37. The van der Waals surface area contributed by atoms with Gasteiger partial charge < -0.3 is 15.7 Å². The maximum atomic E-state index is 12.1. The lowest BCUT2D eigenvalue weighted by atomic mass is 10.1. The van der Waals surface area contributed by atoms with Gasteiger partial charge in [-0.15, -0.1) is 11.8 Å². The monoisotopic (exact) mass is 294 g/mol. The van der Waals surface area contributed by atoms with Crippen LogP contribution in [0.5, 0.6) is 0 Å². The van der Waals surface area contributed by atoms with Crippen molar-refractivity contribution in [2.24, 2.45) is 0 Å². The number of hydrogen-bond acceptors (Lipinski definition) is 4. The van der Waals surface area contributed by atoms with E-state index in [9.17, 15) is 9.90 Å². The number of nitrogens with one attached hydrogen (secondary N) is 2. The van der Waals surface area contributed by atoms with Crippen molar-refractivity contribution in [1.82, 2.24) is 10.6 Å². The number of β-amino-alcohol motifs (C(OH)–C–C–N with tert-alkyl or cyclic N) is 1. The summed E-state index contributed by atoms with van der Waals surface area (Å²) >= 11 is 1.81. The van der Waals surface area contributed by atoms with E-state index in [-0.39, 0.29) is 18.0 Å². The van der Waals surface area contributed by atoms with Crippen LogP contribution in [0.4, 0.5) is 0 Å². The number of thioether (sulfide) groups is 1. The summed E-state index contributed by atoms with van der Waals surface area (Å²) in [5, 5.41) is 15.5. The van der Waals surface area contributed by atoms with E-state index in [1.165, 1.54) is 4.90 Å². The van der Waals surface area contributed by atoms with E-state index in [1.54, 1.807) is 11.8 Å². The van der Waals surface area contributed by atoms with Crippen LogP contribution in [0.15, 0.2) is 29.2 Å². The lowest BCUT2D eigenvalue weighted by Gasteiger charge is -2.17. The molecule has 0 saturated carbocycles. The average Bonchev–Trinajstić information content (AvgIpc) is 2.86. The number of carbonyl (C=O) groups is 1. The zero-order valence-electron chi connectivity index (χ0n) is 11.9. The average molecular weight is 294 g/mol. The molecule has 3 unspecified atom stereocenters. The number of aliphatic hydroxyl groups excluding tert-OH is 1. The summed E-state index contributed by atoms with van der Waals surface area (Å²) in [5.41, 5.74) is 1.09. The Morgan fingerprint density at radius 1 is 1.50 bits per heavy atom. The number of benzene rings is 1. The highest BCUT2D eigenvalue weighted by molar-refractivity contribution is 7.99. The molecule has 4 nitrogen and oxygen atoms in total. The van der Waals surface area contributed by atoms with Crippen LogP contribution in [0, 0.1) is 0 Å². The molecule has 2 rings (SSSR count). The SMILES string of the molecule is CCSc1ccc(C(C)NC(=O)C2CC(O)CN2)cc1. The van der Waals surface area contributed by atoms with Gasteiger partial charge in [0, 0.05) is 11.4 Å². The third kappa shape index (κ3) is 3.98. The van der Waals surface area contributed by atoms with E-state index >= 15 is 0 Å². The largest absolute Gasteiger partial charge is 0.392 e. The fraction of sp³-hybridized carbons (Fsp3) is 0.533. The molecule has 1 aliphatic heterocycles. The summed E-state index contributed by atoms with van der Waals surface area (Å²) in [6, 6.07) is 7.98. The van der Waals surface area contributed by atoms with Crippen molar-refractivity contribution in [2.45, 2.75) is 43.4 Å². The molecule has 0 aromatic heterocycles. The van der Waals surface area contributed by atoms with Crippen molar-refractivity contribution >= 4 is 17.7 Å².